The van der Waals surface area contributed by atoms with Gasteiger partial charge in [-0.25, -0.2) is 0 Å². The van der Waals surface area contributed by atoms with Crippen LogP contribution in [0.3, 0.4) is 0 Å². The van der Waals surface area contributed by atoms with Crippen molar-refractivity contribution in [2.24, 2.45) is 0 Å². The molecule has 1 aromatic rings. The van der Waals surface area contributed by atoms with Gasteiger partial charge < -0.3 is 14.6 Å². The lowest BCUT2D eigenvalue weighted by Gasteiger charge is -2.35. The van der Waals surface area contributed by atoms with Crippen molar-refractivity contribution in [1.82, 2.24) is 4.90 Å². The van der Waals surface area contributed by atoms with Crippen LogP contribution in [-0.2, 0) is 4.74 Å². The molecule has 4 heteroatoms. The van der Waals surface area contributed by atoms with Crippen molar-refractivity contribution in [2.75, 3.05) is 26.3 Å². The van der Waals surface area contributed by atoms with Crippen LogP contribution in [0.4, 0.5) is 0 Å². The van der Waals surface area contributed by atoms with Crippen molar-refractivity contribution in [1.29, 1.82) is 0 Å². The van der Waals surface area contributed by atoms with Crippen molar-refractivity contribution < 1.29 is 14.6 Å². The van der Waals surface area contributed by atoms with Gasteiger partial charge in [-0.1, -0.05) is 19.1 Å². The van der Waals surface area contributed by atoms with E-state index in [0.29, 0.717) is 12.6 Å². The molecule has 118 valence electrons. The van der Waals surface area contributed by atoms with Gasteiger partial charge in [0, 0.05) is 19.1 Å². The topological polar surface area (TPSA) is 41.9 Å². The second kappa shape index (κ2) is 7.78. The first-order chi connectivity index (χ1) is 10.1. The smallest absolute Gasteiger partial charge is 0.119 e. The van der Waals surface area contributed by atoms with E-state index in [1.807, 2.05) is 31.2 Å². The SMILES string of the molecule is CC[C@H](O)c1ccc(OCC2CN(C(C)C)CCO2)cc1. The Balaban J connectivity index is 1.82. The molecule has 0 bridgehead atoms. The maximum atomic E-state index is 9.77. The molecule has 1 saturated heterocycles. The predicted molar refractivity (Wildman–Crippen MR) is 83.6 cm³/mol. The lowest BCUT2D eigenvalue weighted by atomic mass is 10.1. The number of ether oxygens (including phenoxy) is 2. The number of hydrogen-bond acceptors (Lipinski definition) is 4. The molecule has 0 radical (unpaired) electrons. The van der Waals surface area contributed by atoms with Crippen LogP contribution in [0.15, 0.2) is 24.3 Å². The monoisotopic (exact) mass is 293 g/mol. The zero-order chi connectivity index (χ0) is 15.2. The summed E-state index contributed by atoms with van der Waals surface area (Å²) in [5, 5.41) is 9.77. The maximum absolute atomic E-state index is 9.77. The van der Waals surface area contributed by atoms with Crippen LogP contribution >= 0.6 is 0 Å². The summed E-state index contributed by atoms with van der Waals surface area (Å²) in [7, 11) is 0. The van der Waals surface area contributed by atoms with E-state index in [1.54, 1.807) is 0 Å². The average molecular weight is 293 g/mol. The fourth-order valence-corrected chi connectivity index (χ4v) is 2.52. The van der Waals surface area contributed by atoms with Crippen LogP contribution in [0.5, 0.6) is 5.75 Å². The molecule has 0 aromatic heterocycles. The molecule has 2 rings (SSSR count). The lowest BCUT2D eigenvalue weighted by Crippen LogP contribution is -2.47. The van der Waals surface area contributed by atoms with Gasteiger partial charge in [0.1, 0.15) is 18.5 Å². The Morgan fingerprint density at radius 1 is 1.33 bits per heavy atom. The van der Waals surface area contributed by atoms with Crippen molar-refractivity contribution in [3.63, 3.8) is 0 Å². The van der Waals surface area contributed by atoms with E-state index in [1.165, 1.54) is 0 Å². The van der Waals surface area contributed by atoms with E-state index in [2.05, 4.69) is 18.7 Å². The zero-order valence-electron chi connectivity index (χ0n) is 13.3. The highest BCUT2D eigenvalue weighted by Crippen LogP contribution is 2.20. The standard InChI is InChI=1S/C17H27NO3/c1-4-17(19)14-5-7-15(8-6-14)21-12-16-11-18(13(2)3)9-10-20-16/h5-8,13,16-17,19H,4,9-12H2,1-3H3/t16?,17-/m0/s1. The van der Waals surface area contributed by atoms with E-state index in [9.17, 15) is 5.11 Å². The van der Waals surface area contributed by atoms with E-state index in [4.69, 9.17) is 9.47 Å². The van der Waals surface area contributed by atoms with Gasteiger partial charge in [-0.05, 0) is 38.0 Å². The Kier molecular flexibility index (Phi) is 6.03. The summed E-state index contributed by atoms with van der Waals surface area (Å²) in [6.45, 7) is 9.65. The lowest BCUT2D eigenvalue weighted by molar-refractivity contribution is -0.0564. The third-order valence-electron chi connectivity index (χ3n) is 3.99. The fourth-order valence-electron chi connectivity index (χ4n) is 2.52. The third-order valence-corrected chi connectivity index (χ3v) is 3.99. The van der Waals surface area contributed by atoms with Gasteiger partial charge in [0.25, 0.3) is 0 Å². The molecular weight excluding hydrogens is 266 g/mol. The molecule has 1 heterocycles. The molecule has 21 heavy (non-hydrogen) atoms. The zero-order valence-corrected chi connectivity index (χ0v) is 13.3. The van der Waals surface area contributed by atoms with Crippen LogP contribution < -0.4 is 4.74 Å². The Hall–Kier alpha value is -1.10. The quantitative estimate of drug-likeness (QED) is 0.875. The van der Waals surface area contributed by atoms with Crippen LogP contribution in [0.1, 0.15) is 38.9 Å². The molecule has 4 nitrogen and oxygen atoms in total. The van der Waals surface area contributed by atoms with Crippen molar-refractivity contribution in [3.05, 3.63) is 29.8 Å². The van der Waals surface area contributed by atoms with Gasteiger partial charge in [0.15, 0.2) is 0 Å². The van der Waals surface area contributed by atoms with Gasteiger partial charge in [-0.2, -0.15) is 0 Å². The van der Waals surface area contributed by atoms with Gasteiger partial charge in [0.05, 0.1) is 12.7 Å². The maximum Gasteiger partial charge on any atom is 0.119 e. The molecule has 0 saturated carbocycles. The van der Waals surface area contributed by atoms with Crippen LogP contribution in [-0.4, -0.2) is 48.5 Å². The molecule has 1 aliphatic heterocycles. The first-order valence-electron chi connectivity index (χ1n) is 7.86. The minimum atomic E-state index is -0.389. The van der Waals surface area contributed by atoms with E-state index < -0.39 is 0 Å². The largest absolute Gasteiger partial charge is 0.491 e. The highest BCUT2D eigenvalue weighted by Gasteiger charge is 2.22. The molecule has 2 atom stereocenters. The Bertz CT molecular complexity index is 419. The minimum Gasteiger partial charge on any atom is -0.491 e. The minimum absolute atomic E-state index is 0.127. The van der Waals surface area contributed by atoms with Gasteiger partial charge in [-0.15, -0.1) is 0 Å². The van der Waals surface area contributed by atoms with E-state index in [-0.39, 0.29) is 12.2 Å². The highest BCUT2D eigenvalue weighted by molar-refractivity contribution is 5.28. The molecule has 0 amide bonds. The molecule has 1 fully saturated rings. The number of hydrogen-bond donors (Lipinski definition) is 1. The van der Waals surface area contributed by atoms with Crippen molar-refractivity contribution >= 4 is 0 Å². The molecule has 1 aliphatic rings. The second-order valence-corrected chi connectivity index (χ2v) is 5.89. The summed E-state index contributed by atoms with van der Waals surface area (Å²) in [6.07, 6.45) is 0.462. The van der Waals surface area contributed by atoms with Crippen LogP contribution in [0, 0.1) is 0 Å². The molecule has 0 spiro atoms. The number of morpholine rings is 1. The summed E-state index contributed by atoms with van der Waals surface area (Å²) < 4.78 is 11.6. The summed E-state index contributed by atoms with van der Waals surface area (Å²) in [4.78, 5) is 2.41. The summed E-state index contributed by atoms with van der Waals surface area (Å²) in [6, 6.07) is 8.22. The van der Waals surface area contributed by atoms with Gasteiger partial charge in [-0.3, -0.25) is 4.90 Å². The van der Waals surface area contributed by atoms with Gasteiger partial charge in [0.2, 0.25) is 0 Å². The highest BCUT2D eigenvalue weighted by atomic mass is 16.5. The number of nitrogens with zero attached hydrogens (tertiary/aromatic N) is 1. The van der Waals surface area contributed by atoms with Crippen molar-refractivity contribution in [2.45, 2.75) is 45.4 Å². The van der Waals surface area contributed by atoms with Crippen molar-refractivity contribution in [3.8, 4) is 5.75 Å². The summed E-state index contributed by atoms with van der Waals surface area (Å²) in [5.41, 5.74) is 0.935. The molecule has 1 unspecified atom stereocenters. The first-order valence-corrected chi connectivity index (χ1v) is 7.86. The number of aliphatic hydroxyl groups excluding tert-OH is 1. The van der Waals surface area contributed by atoms with Crippen LogP contribution in [0.2, 0.25) is 0 Å². The van der Waals surface area contributed by atoms with E-state index >= 15 is 0 Å². The predicted octanol–water partition coefficient (Wildman–Crippen LogP) is 2.62. The first kappa shape index (κ1) is 16.3. The normalized spacial score (nSPS) is 21.5. The number of rotatable bonds is 6. The second-order valence-electron chi connectivity index (χ2n) is 5.89. The fraction of sp³-hybridized carbons (Fsp3) is 0.647. The van der Waals surface area contributed by atoms with Crippen LogP contribution in [0.25, 0.3) is 0 Å². The molecule has 1 aromatic carbocycles. The molecule has 1 N–H and O–H groups in total. The third kappa shape index (κ3) is 4.70. The van der Waals surface area contributed by atoms with E-state index in [0.717, 1.165) is 37.4 Å². The number of aliphatic hydroxyl groups is 1. The Morgan fingerprint density at radius 2 is 2.05 bits per heavy atom. The Morgan fingerprint density at radius 3 is 2.67 bits per heavy atom. The number of benzene rings is 1. The summed E-state index contributed by atoms with van der Waals surface area (Å²) in [5.74, 6) is 0.826. The summed E-state index contributed by atoms with van der Waals surface area (Å²) >= 11 is 0. The average Bonchev–Trinajstić information content (AvgIpc) is 2.53. The molecule has 0 aliphatic carbocycles. The van der Waals surface area contributed by atoms with Gasteiger partial charge >= 0.3 is 0 Å². The Labute approximate surface area is 127 Å². The molecular formula is C17H27NO3.